The third kappa shape index (κ3) is 1.82. The van der Waals surface area contributed by atoms with Crippen molar-refractivity contribution in [3.63, 3.8) is 0 Å². The predicted octanol–water partition coefficient (Wildman–Crippen LogP) is 4.52. The van der Waals surface area contributed by atoms with Gasteiger partial charge in [-0.3, -0.25) is 4.79 Å². The van der Waals surface area contributed by atoms with E-state index in [1.165, 1.54) is 12.1 Å². The van der Waals surface area contributed by atoms with E-state index in [0.29, 0.717) is 12.0 Å². The lowest BCUT2D eigenvalue weighted by Gasteiger charge is -2.31. The van der Waals surface area contributed by atoms with Gasteiger partial charge in [0.2, 0.25) is 0 Å². The molecule has 0 heterocycles. The molecule has 112 valence electrons. The molecule has 0 saturated heterocycles. The SMILES string of the molecule is N#CC12CCCC1=C(c1ccc(F)cc1)c1ccccc1C2=O. The summed E-state index contributed by atoms with van der Waals surface area (Å²) in [7, 11) is 0. The quantitative estimate of drug-likeness (QED) is 0.777. The third-order valence-corrected chi connectivity index (χ3v) is 4.95. The fourth-order valence-electron chi connectivity index (χ4n) is 3.90. The summed E-state index contributed by atoms with van der Waals surface area (Å²) in [6.07, 6.45) is 2.13. The molecular formula is C20H14FNO. The first-order valence-corrected chi connectivity index (χ1v) is 7.72. The van der Waals surface area contributed by atoms with Crippen molar-refractivity contribution in [3.8, 4) is 6.07 Å². The van der Waals surface area contributed by atoms with Crippen LogP contribution < -0.4 is 0 Å². The number of halogens is 1. The number of allylic oxidation sites excluding steroid dienone is 1. The largest absolute Gasteiger partial charge is 0.292 e. The highest BCUT2D eigenvalue weighted by Gasteiger charge is 2.50. The molecule has 1 saturated carbocycles. The van der Waals surface area contributed by atoms with Crippen molar-refractivity contribution >= 4 is 11.4 Å². The molecule has 1 fully saturated rings. The molecule has 2 nitrogen and oxygen atoms in total. The Hall–Kier alpha value is -2.73. The van der Waals surface area contributed by atoms with Crippen LogP contribution >= 0.6 is 0 Å². The topological polar surface area (TPSA) is 40.9 Å². The van der Waals surface area contributed by atoms with Gasteiger partial charge in [-0.1, -0.05) is 36.4 Å². The van der Waals surface area contributed by atoms with Crippen LogP contribution in [0.5, 0.6) is 0 Å². The van der Waals surface area contributed by atoms with Crippen LogP contribution in [-0.2, 0) is 0 Å². The van der Waals surface area contributed by atoms with Gasteiger partial charge in [0.25, 0.3) is 0 Å². The minimum atomic E-state index is -1.04. The van der Waals surface area contributed by atoms with Crippen molar-refractivity contribution in [2.75, 3.05) is 0 Å². The zero-order chi connectivity index (χ0) is 16.0. The molecule has 0 N–H and O–H groups in total. The van der Waals surface area contributed by atoms with Gasteiger partial charge in [-0.2, -0.15) is 5.26 Å². The van der Waals surface area contributed by atoms with E-state index in [9.17, 15) is 14.4 Å². The zero-order valence-electron chi connectivity index (χ0n) is 12.5. The number of hydrogen-bond donors (Lipinski definition) is 0. The van der Waals surface area contributed by atoms with Gasteiger partial charge < -0.3 is 0 Å². The Labute approximate surface area is 133 Å². The number of nitrogens with zero attached hydrogens (tertiary/aromatic N) is 1. The number of Topliss-reactive ketones (excluding diaryl/α,β-unsaturated/α-hetero) is 1. The molecule has 0 amide bonds. The molecule has 2 aliphatic rings. The number of carbonyl (C=O) groups excluding carboxylic acids is 1. The van der Waals surface area contributed by atoms with Crippen molar-refractivity contribution in [3.05, 3.63) is 76.6 Å². The van der Waals surface area contributed by atoms with E-state index in [1.54, 1.807) is 18.2 Å². The number of fused-ring (bicyclic) bond motifs is 2. The second kappa shape index (κ2) is 4.89. The summed E-state index contributed by atoms with van der Waals surface area (Å²) in [5.74, 6) is -0.383. The van der Waals surface area contributed by atoms with Crippen LogP contribution in [0.25, 0.3) is 5.57 Å². The highest BCUT2D eigenvalue weighted by Crippen LogP contribution is 2.53. The van der Waals surface area contributed by atoms with Crippen LogP contribution in [0.15, 0.2) is 54.1 Å². The summed E-state index contributed by atoms with van der Waals surface area (Å²) >= 11 is 0. The maximum absolute atomic E-state index is 13.3. The second-order valence-electron chi connectivity index (χ2n) is 6.11. The summed E-state index contributed by atoms with van der Waals surface area (Å²) < 4.78 is 13.3. The van der Waals surface area contributed by atoms with Crippen molar-refractivity contribution < 1.29 is 9.18 Å². The van der Waals surface area contributed by atoms with Crippen LogP contribution in [-0.4, -0.2) is 5.78 Å². The van der Waals surface area contributed by atoms with E-state index in [0.717, 1.165) is 35.1 Å². The molecule has 2 aromatic carbocycles. The van der Waals surface area contributed by atoms with Crippen molar-refractivity contribution in [1.82, 2.24) is 0 Å². The first kappa shape index (κ1) is 13.9. The van der Waals surface area contributed by atoms with Crippen molar-refractivity contribution in [2.24, 2.45) is 5.41 Å². The van der Waals surface area contributed by atoms with Gasteiger partial charge in [-0.25, -0.2) is 4.39 Å². The highest BCUT2D eigenvalue weighted by molar-refractivity contribution is 6.13. The number of hydrogen-bond acceptors (Lipinski definition) is 2. The molecule has 23 heavy (non-hydrogen) atoms. The molecule has 1 unspecified atom stereocenters. The van der Waals surface area contributed by atoms with Crippen molar-refractivity contribution in [2.45, 2.75) is 19.3 Å². The Morgan fingerprint density at radius 3 is 2.43 bits per heavy atom. The maximum Gasteiger partial charge on any atom is 0.187 e. The minimum absolute atomic E-state index is 0.0889. The van der Waals surface area contributed by atoms with E-state index in [4.69, 9.17) is 0 Å². The molecule has 1 atom stereocenters. The molecule has 0 bridgehead atoms. The summed E-state index contributed by atoms with van der Waals surface area (Å²) in [5, 5.41) is 9.79. The molecular weight excluding hydrogens is 289 g/mol. The number of rotatable bonds is 1. The van der Waals surface area contributed by atoms with Crippen LogP contribution in [0.3, 0.4) is 0 Å². The molecule has 0 aliphatic heterocycles. The normalized spacial score (nSPS) is 22.5. The Kier molecular flexibility index (Phi) is 2.96. The fraction of sp³-hybridized carbons (Fsp3) is 0.200. The first-order chi connectivity index (χ1) is 11.2. The minimum Gasteiger partial charge on any atom is -0.292 e. The predicted molar refractivity (Wildman–Crippen MR) is 85.1 cm³/mol. The van der Waals surface area contributed by atoms with Gasteiger partial charge in [-0.15, -0.1) is 0 Å². The molecule has 2 aromatic rings. The summed E-state index contributed by atoms with van der Waals surface area (Å²) in [4.78, 5) is 13.0. The summed E-state index contributed by atoms with van der Waals surface area (Å²) in [6, 6.07) is 16.0. The maximum atomic E-state index is 13.3. The van der Waals surface area contributed by atoms with Gasteiger partial charge in [0.15, 0.2) is 5.78 Å². The van der Waals surface area contributed by atoms with Crippen LogP contribution in [0, 0.1) is 22.6 Å². The van der Waals surface area contributed by atoms with E-state index >= 15 is 0 Å². The highest BCUT2D eigenvalue weighted by atomic mass is 19.1. The molecule has 2 aliphatic carbocycles. The van der Waals surface area contributed by atoms with E-state index in [2.05, 4.69) is 6.07 Å². The van der Waals surface area contributed by atoms with Crippen molar-refractivity contribution in [1.29, 1.82) is 5.26 Å². The van der Waals surface area contributed by atoms with E-state index in [-0.39, 0.29) is 11.6 Å². The monoisotopic (exact) mass is 303 g/mol. The number of benzene rings is 2. The fourth-order valence-corrected chi connectivity index (χ4v) is 3.90. The van der Waals surface area contributed by atoms with Gasteiger partial charge in [-0.05, 0) is 53.7 Å². The van der Waals surface area contributed by atoms with Gasteiger partial charge in [0.05, 0.1) is 6.07 Å². The second-order valence-corrected chi connectivity index (χ2v) is 6.11. The lowest BCUT2D eigenvalue weighted by Crippen LogP contribution is -2.33. The number of ketones is 1. The van der Waals surface area contributed by atoms with Crippen LogP contribution in [0.4, 0.5) is 4.39 Å². The Morgan fingerprint density at radius 1 is 1.04 bits per heavy atom. The molecule has 0 spiro atoms. The van der Waals surface area contributed by atoms with E-state index < -0.39 is 5.41 Å². The molecule has 4 rings (SSSR count). The third-order valence-electron chi connectivity index (χ3n) is 4.95. The Balaban J connectivity index is 2.07. The zero-order valence-corrected chi connectivity index (χ0v) is 12.5. The number of carbonyl (C=O) groups is 1. The van der Waals surface area contributed by atoms with Crippen LogP contribution in [0.1, 0.15) is 40.7 Å². The Bertz CT molecular complexity index is 889. The first-order valence-electron chi connectivity index (χ1n) is 7.72. The summed E-state index contributed by atoms with van der Waals surface area (Å²) in [6.45, 7) is 0. The smallest absolute Gasteiger partial charge is 0.187 e. The lowest BCUT2D eigenvalue weighted by molar-refractivity contribution is 0.0893. The molecule has 0 aromatic heterocycles. The van der Waals surface area contributed by atoms with Crippen LogP contribution in [0.2, 0.25) is 0 Å². The summed E-state index contributed by atoms with van der Waals surface area (Å²) in [5.41, 5.74) is 3.10. The van der Waals surface area contributed by atoms with E-state index in [1.807, 2.05) is 18.2 Å². The Morgan fingerprint density at radius 2 is 1.74 bits per heavy atom. The number of nitriles is 1. The van der Waals surface area contributed by atoms with Gasteiger partial charge >= 0.3 is 0 Å². The molecule has 3 heteroatoms. The average Bonchev–Trinajstić information content (AvgIpc) is 3.02. The standard InChI is InChI=1S/C20H14FNO/c21-14-9-7-13(8-10-14)18-15-4-1-2-5-16(15)19(23)20(12-22)11-3-6-17(18)20/h1-2,4-5,7-10H,3,6,11H2. The average molecular weight is 303 g/mol. The molecule has 0 radical (unpaired) electrons. The van der Waals surface area contributed by atoms with Gasteiger partial charge in [0, 0.05) is 5.56 Å². The van der Waals surface area contributed by atoms with Gasteiger partial charge in [0.1, 0.15) is 11.2 Å². The lowest BCUT2D eigenvalue weighted by atomic mass is 9.68.